The zero-order valence-corrected chi connectivity index (χ0v) is 13.5. The summed E-state index contributed by atoms with van der Waals surface area (Å²) in [6.45, 7) is 17.1. The van der Waals surface area contributed by atoms with Crippen LogP contribution in [0.2, 0.25) is 18.1 Å². The molecule has 0 aliphatic carbocycles. The van der Waals surface area contributed by atoms with Gasteiger partial charge in [-0.05, 0) is 36.7 Å². The molecule has 102 valence electrons. The van der Waals surface area contributed by atoms with E-state index in [0.29, 0.717) is 6.61 Å². The van der Waals surface area contributed by atoms with E-state index in [-0.39, 0.29) is 5.04 Å². The maximum absolute atomic E-state index is 9.22. The zero-order chi connectivity index (χ0) is 14.4. The van der Waals surface area contributed by atoms with Gasteiger partial charge >= 0.3 is 0 Å². The van der Waals surface area contributed by atoms with Gasteiger partial charge in [-0.1, -0.05) is 45.3 Å². The van der Waals surface area contributed by atoms with Gasteiger partial charge in [0.15, 0.2) is 8.32 Å². The van der Waals surface area contributed by atoms with Crippen molar-refractivity contribution in [3.05, 3.63) is 24.3 Å². The minimum atomic E-state index is -1.68. The molecule has 0 radical (unpaired) electrons. The summed E-state index contributed by atoms with van der Waals surface area (Å²) in [6, 6.07) is 0. The molecule has 0 rings (SSSR count). The van der Waals surface area contributed by atoms with Crippen molar-refractivity contribution in [2.24, 2.45) is 0 Å². The van der Waals surface area contributed by atoms with Gasteiger partial charge in [0.1, 0.15) is 6.10 Å². The Morgan fingerprint density at radius 2 is 2.00 bits per heavy atom. The summed E-state index contributed by atoms with van der Waals surface area (Å²) in [5, 5.41) is 9.45. The molecule has 2 nitrogen and oxygen atoms in total. The van der Waals surface area contributed by atoms with Crippen molar-refractivity contribution in [3.63, 3.8) is 0 Å². The van der Waals surface area contributed by atoms with Gasteiger partial charge in [0.25, 0.3) is 0 Å². The highest BCUT2D eigenvalue weighted by atomic mass is 28.4. The molecule has 1 unspecified atom stereocenters. The SMILES string of the molecule is C=CC(O)C#C/C(C)=C/CO[Si](C)(C)C(C)(C)C. The molecule has 3 heteroatoms. The number of aliphatic hydroxyl groups excluding tert-OH is 1. The average molecular weight is 266 g/mol. The molecule has 0 aromatic carbocycles. The van der Waals surface area contributed by atoms with Crippen molar-refractivity contribution in [2.45, 2.75) is 51.9 Å². The fraction of sp³-hybridized carbons (Fsp3) is 0.600. The van der Waals surface area contributed by atoms with Crippen LogP contribution in [0.25, 0.3) is 0 Å². The van der Waals surface area contributed by atoms with E-state index in [1.165, 1.54) is 6.08 Å². The van der Waals surface area contributed by atoms with E-state index in [1.807, 2.05) is 13.0 Å². The quantitative estimate of drug-likeness (QED) is 0.479. The Balaban J connectivity index is 4.40. The van der Waals surface area contributed by atoms with Gasteiger partial charge in [-0.3, -0.25) is 0 Å². The van der Waals surface area contributed by atoms with Gasteiger partial charge in [-0.15, -0.1) is 0 Å². The third kappa shape index (κ3) is 6.20. The van der Waals surface area contributed by atoms with Crippen molar-refractivity contribution in [1.82, 2.24) is 0 Å². The molecule has 0 bridgehead atoms. The molecule has 0 aliphatic rings. The molecule has 0 spiro atoms. The van der Waals surface area contributed by atoms with Crippen LogP contribution in [-0.2, 0) is 4.43 Å². The van der Waals surface area contributed by atoms with E-state index >= 15 is 0 Å². The van der Waals surface area contributed by atoms with E-state index in [2.05, 4.69) is 52.3 Å². The lowest BCUT2D eigenvalue weighted by Gasteiger charge is -2.35. The highest BCUT2D eigenvalue weighted by Crippen LogP contribution is 2.36. The number of allylic oxidation sites excluding steroid dienone is 1. The Morgan fingerprint density at radius 1 is 1.44 bits per heavy atom. The average Bonchev–Trinajstić information content (AvgIpc) is 2.24. The van der Waals surface area contributed by atoms with E-state index < -0.39 is 14.4 Å². The van der Waals surface area contributed by atoms with Crippen molar-refractivity contribution >= 4 is 8.32 Å². The smallest absolute Gasteiger partial charge is 0.192 e. The Bertz CT molecular complexity index is 364. The molecule has 0 saturated heterocycles. The summed E-state index contributed by atoms with van der Waals surface area (Å²) < 4.78 is 6.01. The van der Waals surface area contributed by atoms with Gasteiger partial charge in [-0.25, -0.2) is 0 Å². The van der Waals surface area contributed by atoms with Crippen LogP contribution in [0, 0.1) is 11.8 Å². The normalized spacial score (nSPS) is 14.7. The lowest BCUT2D eigenvalue weighted by Crippen LogP contribution is -2.40. The maximum atomic E-state index is 9.22. The predicted molar refractivity (Wildman–Crippen MR) is 80.9 cm³/mol. The summed E-state index contributed by atoms with van der Waals surface area (Å²) in [6.07, 6.45) is 2.62. The monoisotopic (exact) mass is 266 g/mol. The second kappa shape index (κ2) is 6.94. The fourth-order valence-electron chi connectivity index (χ4n) is 0.889. The third-order valence-electron chi connectivity index (χ3n) is 3.28. The molecule has 1 atom stereocenters. The fourth-order valence-corrected chi connectivity index (χ4v) is 1.82. The lowest BCUT2D eigenvalue weighted by molar-refractivity contribution is 0.281. The van der Waals surface area contributed by atoms with Crippen LogP contribution in [0.15, 0.2) is 24.3 Å². The highest BCUT2D eigenvalue weighted by Gasteiger charge is 2.36. The summed E-state index contributed by atoms with van der Waals surface area (Å²) in [4.78, 5) is 0. The number of aliphatic hydroxyl groups is 1. The largest absolute Gasteiger partial charge is 0.413 e. The van der Waals surface area contributed by atoms with Crippen molar-refractivity contribution in [3.8, 4) is 11.8 Å². The summed E-state index contributed by atoms with van der Waals surface area (Å²) in [5.74, 6) is 5.57. The first-order chi connectivity index (χ1) is 8.10. The van der Waals surface area contributed by atoms with Crippen LogP contribution in [0.5, 0.6) is 0 Å². The second-order valence-corrected chi connectivity index (χ2v) is 10.7. The van der Waals surface area contributed by atoms with Crippen molar-refractivity contribution in [2.75, 3.05) is 6.61 Å². The van der Waals surface area contributed by atoms with Crippen LogP contribution in [0.4, 0.5) is 0 Å². The first-order valence-electron chi connectivity index (χ1n) is 6.23. The lowest BCUT2D eigenvalue weighted by atomic mass is 10.2. The summed E-state index contributed by atoms with van der Waals surface area (Å²) in [5.41, 5.74) is 0.912. The Labute approximate surface area is 113 Å². The molecule has 0 aromatic rings. The first-order valence-corrected chi connectivity index (χ1v) is 9.14. The molecule has 0 aliphatic heterocycles. The molecular formula is C15H26O2Si. The number of hydrogen-bond acceptors (Lipinski definition) is 2. The van der Waals surface area contributed by atoms with Crippen LogP contribution in [0.1, 0.15) is 27.7 Å². The van der Waals surface area contributed by atoms with E-state index in [0.717, 1.165) is 5.57 Å². The number of rotatable bonds is 4. The summed E-state index contributed by atoms with van der Waals surface area (Å²) in [7, 11) is -1.68. The van der Waals surface area contributed by atoms with Gasteiger partial charge in [-0.2, -0.15) is 0 Å². The van der Waals surface area contributed by atoms with Gasteiger partial charge in [0.05, 0.1) is 6.61 Å². The molecular weight excluding hydrogens is 240 g/mol. The third-order valence-corrected chi connectivity index (χ3v) is 7.78. The standard InChI is InChI=1S/C15H26O2Si/c1-8-14(16)10-9-13(2)11-12-17-18(6,7)15(3,4)5/h8,11,14,16H,1,12H2,2-7H3/b13-11+. The van der Waals surface area contributed by atoms with E-state index in [4.69, 9.17) is 4.43 Å². The minimum Gasteiger partial charge on any atom is -0.413 e. The van der Waals surface area contributed by atoms with Crippen molar-refractivity contribution < 1.29 is 9.53 Å². The van der Waals surface area contributed by atoms with Gasteiger partial charge < -0.3 is 9.53 Å². The van der Waals surface area contributed by atoms with Crippen LogP contribution >= 0.6 is 0 Å². The topological polar surface area (TPSA) is 29.5 Å². The molecule has 18 heavy (non-hydrogen) atoms. The zero-order valence-electron chi connectivity index (χ0n) is 12.5. The van der Waals surface area contributed by atoms with Gasteiger partial charge in [0.2, 0.25) is 0 Å². The molecule has 0 saturated carbocycles. The molecule has 1 N–H and O–H groups in total. The maximum Gasteiger partial charge on any atom is 0.192 e. The Morgan fingerprint density at radius 3 is 2.44 bits per heavy atom. The summed E-state index contributed by atoms with van der Waals surface area (Å²) >= 11 is 0. The van der Waals surface area contributed by atoms with Crippen LogP contribution < -0.4 is 0 Å². The Kier molecular flexibility index (Phi) is 6.62. The number of hydrogen-bond donors (Lipinski definition) is 1. The van der Waals surface area contributed by atoms with Crippen LogP contribution in [0.3, 0.4) is 0 Å². The van der Waals surface area contributed by atoms with Crippen LogP contribution in [-0.4, -0.2) is 26.1 Å². The van der Waals surface area contributed by atoms with E-state index in [9.17, 15) is 5.11 Å². The molecule has 0 amide bonds. The first kappa shape index (κ1) is 17.2. The molecule has 0 aromatic heterocycles. The van der Waals surface area contributed by atoms with Gasteiger partial charge in [0, 0.05) is 0 Å². The predicted octanol–water partition coefficient (Wildman–Crippen LogP) is 3.50. The Hall–Kier alpha value is -0.823. The van der Waals surface area contributed by atoms with E-state index in [1.54, 1.807) is 0 Å². The highest BCUT2D eigenvalue weighted by molar-refractivity contribution is 6.74. The molecule has 0 fully saturated rings. The van der Waals surface area contributed by atoms with Crippen molar-refractivity contribution in [1.29, 1.82) is 0 Å². The second-order valence-electron chi connectivity index (χ2n) is 5.91. The molecule has 0 heterocycles. The minimum absolute atomic E-state index is 0.222.